The van der Waals surface area contributed by atoms with E-state index in [0.29, 0.717) is 12.6 Å². The number of hydrogen-bond acceptors (Lipinski definition) is 4. The maximum Gasteiger partial charge on any atom is 0.315 e. The molecule has 0 spiro atoms. The third-order valence-corrected chi connectivity index (χ3v) is 4.59. The highest BCUT2D eigenvalue weighted by Crippen LogP contribution is 2.16. The Balaban J connectivity index is 1.70. The minimum atomic E-state index is -0.0743. The molecule has 0 aliphatic carbocycles. The SMILES string of the molecule is Cc1cnc(CNC(=O)NC2CCSCC2)s1. The molecule has 2 amide bonds. The molecule has 1 aliphatic heterocycles. The summed E-state index contributed by atoms with van der Waals surface area (Å²) in [6.07, 6.45) is 3.99. The Kier molecular flexibility index (Phi) is 4.67. The molecule has 0 atom stereocenters. The van der Waals surface area contributed by atoms with Gasteiger partial charge >= 0.3 is 6.03 Å². The Bertz CT molecular complexity index is 375. The highest BCUT2D eigenvalue weighted by atomic mass is 32.2. The van der Waals surface area contributed by atoms with Gasteiger partial charge in [-0.05, 0) is 31.3 Å². The molecule has 0 radical (unpaired) electrons. The standard InChI is InChI=1S/C11H17N3OS2/c1-8-6-12-10(17-8)7-13-11(15)14-9-2-4-16-5-3-9/h6,9H,2-5,7H2,1H3,(H2,13,14,15). The summed E-state index contributed by atoms with van der Waals surface area (Å²) >= 11 is 3.58. The van der Waals surface area contributed by atoms with E-state index in [1.165, 1.54) is 4.88 Å². The van der Waals surface area contributed by atoms with Gasteiger partial charge in [0.2, 0.25) is 0 Å². The van der Waals surface area contributed by atoms with Crippen molar-refractivity contribution < 1.29 is 4.79 Å². The Hall–Kier alpha value is -0.750. The first kappa shape index (κ1) is 12.7. The van der Waals surface area contributed by atoms with Crippen LogP contribution in [0.1, 0.15) is 22.7 Å². The molecule has 1 aliphatic rings. The molecule has 1 aromatic heterocycles. The number of amides is 2. The van der Waals surface area contributed by atoms with Gasteiger partial charge in [0, 0.05) is 17.1 Å². The second kappa shape index (κ2) is 6.26. The van der Waals surface area contributed by atoms with E-state index in [4.69, 9.17) is 0 Å². The number of carbonyl (C=O) groups is 1. The Morgan fingerprint density at radius 2 is 2.29 bits per heavy atom. The topological polar surface area (TPSA) is 54.0 Å². The molecule has 17 heavy (non-hydrogen) atoms. The summed E-state index contributed by atoms with van der Waals surface area (Å²) in [5.41, 5.74) is 0. The minimum absolute atomic E-state index is 0.0743. The van der Waals surface area contributed by atoms with Crippen LogP contribution in [0.25, 0.3) is 0 Å². The van der Waals surface area contributed by atoms with Gasteiger partial charge in [0.15, 0.2) is 0 Å². The van der Waals surface area contributed by atoms with Crippen molar-refractivity contribution in [3.8, 4) is 0 Å². The van der Waals surface area contributed by atoms with Crippen LogP contribution in [0.3, 0.4) is 0 Å². The zero-order valence-corrected chi connectivity index (χ0v) is 11.5. The molecule has 1 fully saturated rings. The Labute approximate surface area is 110 Å². The normalized spacial score (nSPS) is 16.8. The second-order valence-electron chi connectivity index (χ2n) is 4.08. The van der Waals surface area contributed by atoms with E-state index in [1.807, 2.05) is 24.9 Å². The van der Waals surface area contributed by atoms with Gasteiger partial charge in [0.1, 0.15) is 5.01 Å². The fourth-order valence-electron chi connectivity index (χ4n) is 1.72. The van der Waals surface area contributed by atoms with E-state index >= 15 is 0 Å². The number of aromatic nitrogens is 1. The monoisotopic (exact) mass is 271 g/mol. The summed E-state index contributed by atoms with van der Waals surface area (Å²) in [4.78, 5) is 17.0. The van der Waals surface area contributed by atoms with Crippen LogP contribution in [0.5, 0.6) is 0 Å². The van der Waals surface area contributed by atoms with Crippen molar-refractivity contribution in [2.24, 2.45) is 0 Å². The average Bonchev–Trinajstić information content (AvgIpc) is 2.74. The molecule has 94 valence electrons. The van der Waals surface area contributed by atoms with Crippen LogP contribution >= 0.6 is 23.1 Å². The Morgan fingerprint density at radius 3 is 2.94 bits per heavy atom. The number of carbonyl (C=O) groups excluding carboxylic acids is 1. The van der Waals surface area contributed by atoms with Gasteiger partial charge in [-0.25, -0.2) is 9.78 Å². The van der Waals surface area contributed by atoms with E-state index in [1.54, 1.807) is 11.3 Å². The van der Waals surface area contributed by atoms with Gasteiger partial charge in [-0.2, -0.15) is 11.8 Å². The lowest BCUT2D eigenvalue weighted by atomic mass is 10.2. The van der Waals surface area contributed by atoms with E-state index in [2.05, 4.69) is 15.6 Å². The van der Waals surface area contributed by atoms with E-state index in [0.717, 1.165) is 29.4 Å². The first-order chi connectivity index (χ1) is 8.24. The molecule has 2 heterocycles. The molecule has 6 heteroatoms. The third-order valence-electron chi connectivity index (χ3n) is 2.63. The number of urea groups is 1. The molecule has 0 unspecified atom stereocenters. The maximum atomic E-state index is 11.6. The lowest BCUT2D eigenvalue weighted by Crippen LogP contribution is -2.43. The van der Waals surface area contributed by atoms with Crippen LogP contribution in [0.4, 0.5) is 4.79 Å². The van der Waals surface area contributed by atoms with Crippen molar-refractivity contribution in [3.63, 3.8) is 0 Å². The van der Waals surface area contributed by atoms with E-state index in [-0.39, 0.29) is 6.03 Å². The van der Waals surface area contributed by atoms with Gasteiger partial charge in [-0.1, -0.05) is 0 Å². The number of nitrogens with zero attached hydrogens (tertiary/aromatic N) is 1. The molecule has 2 N–H and O–H groups in total. The fourth-order valence-corrected chi connectivity index (χ4v) is 3.55. The molecular formula is C11H17N3OS2. The first-order valence-corrected chi connectivity index (χ1v) is 7.74. The number of thiazole rings is 1. The van der Waals surface area contributed by atoms with Crippen molar-refractivity contribution in [1.29, 1.82) is 0 Å². The maximum absolute atomic E-state index is 11.6. The largest absolute Gasteiger partial charge is 0.335 e. The highest BCUT2D eigenvalue weighted by molar-refractivity contribution is 7.99. The van der Waals surface area contributed by atoms with Crippen molar-refractivity contribution in [2.75, 3.05) is 11.5 Å². The molecular weight excluding hydrogens is 254 g/mol. The zero-order valence-electron chi connectivity index (χ0n) is 9.86. The molecule has 2 rings (SSSR count). The zero-order chi connectivity index (χ0) is 12.1. The predicted octanol–water partition coefficient (Wildman–Crippen LogP) is 2.15. The number of hydrogen-bond donors (Lipinski definition) is 2. The van der Waals surface area contributed by atoms with Crippen LogP contribution in [-0.2, 0) is 6.54 Å². The fraction of sp³-hybridized carbons (Fsp3) is 0.636. The van der Waals surface area contributed by atoms with Gasteiger partial charge < -0.3 is 10.6 Å². The number of thioether (sulfide) groups is 1. The number of rotatable bonds is 3. The van der Waals surface area contributed by atoms with Crippen molar-refractivity contribution >= 4 is 29.1 Å². The van der Waals surface area contributed by atoms with Crippen LogP contribution in [-0.4, -0.2) is 28.6 Å². The summed E-state index contributed by atoms with van der Waals surface area (Å²) in [5, 5.41) is 6.82. The quantitative estimate of drug-likeness (QED) is 0.885. The van der Waals surface area contributed by atoms with E-state index < -0.39 is 0 Å². The summed E-state index contributed by atoms with van der Waals surface area (Å²) in [6, 6.07) is 0.268. The lowest BCUT2D eigenvalue weighted by molar-refractivity contribution is 0.235. The first-order valence-electron chi connectivity index (χ1n) is 5.77. The van der Waals surface area contributed by atoms with Crippen molar-refractivity contribution in [3.05, 3.63) is 16.1 Å². The summed E-state index contributed by atoms with van der Waals surface area (Å²) in [6.45, 7) is 2.53. The predicted molar refractivity (Wildman–Crippen MR) is 72.6 cm³/mol. The van der Waals surface area contributed by atoms with Gasteiger partial charge in [0.25, 0.3) is 0 Å². The third kappa shape index (κ3) is 4.20. The molecule has 1 aromatic rings. The van der Waals surface area contributed by atoms with Crippen LogP contribution in [0.15, 0.2) is 6.20 Å². The summed E-state index contributed by atoms with van der Waals surface area (Å²) in [5.74, 6) is 2.30. The molecule has 0 aromatic carbocycles. The summed E-state index contributed by atoms with van der Waals surface area (Å²) in [7, 11) is 0. The van der Waals surface area contributed by atoms with E-state index in [9.17, 15) is 4.79 Å². The van der Waals surface area contributed by atoms with Crippen LogP contribution < -0.4 is 10.6 Å². The molecule has 0 bridgehead atoms. The van der Waals surface area contributed by atoms with Crippen LogP contribution in [0, 0.1) is 6.92 Å². The minimum Gasteiger partial charge on any atom is -0.335 e. The van der Waals surface area contributed by atoms with Crippen LogP contribution in [0.2, 0.25) is 0 Å². The molecule has 4 nitrogen and oxygen atoms in total. The Morgan fingerprint density at radius 1 is 1.53 bits per heavy atom. The lowest BCUT2D eigenvalue weighted by Gasteiger charge is -2.22. The average molecular weight is 271 g/mol. The van der Waals surface area contributed by atoms with Gasteiger partial charge in [-0.3, -0.25) is 0 Å². The van der Waals surface area contributed by atoms with Crippen molar-refractivity contribution in [2.45, 2.75) is 32.4 Å². The smallest absolute Gasteiger partial charge is 0.315 e. The molecule has 0 saturated carbocycles. The summed E-state index contributed by atoms with van der Waals surface area (Å²) < 4.78 is 0. The number of aryl methyl sites for hydroxylation is 1. The number of nitrogens with one attached hydrogen (secondary N) is 2. The van der Waals surface area contributed by atoms with Crippen molar-refractivity contribution in [1.82, 2.24) is 15.6 Å². The van der Waals surface area contributed by atoms with Gasteiger partial charge in [-0.15, -0.1) is 11.3 Å². The molecule has 1 saturated heterocycles. The highest BCUT2D eigenvalue weighted by Gasteiger charge is 2.15. The van der Waals surface area contributed by atoms with Gasteiger partial charge in [0.05, 0.1) is 6.54 Å². The second-order valence-corrected chi connectivity index (χ2v) is 6.62.